The monoisotopic (exact) mass is 382 g/mol. The van der Waals surface area contributed by atoms with Crippen molar-refractivity contribution in [2.75, 3.05) is 19.6 Å². The van der Waals surface area contributed by atoms with Crippen molar-refractivity contribution in [3.05, 3.63) is 23.9 Å². The molecule has 4 N–H and O–H groups in total. The van der Waals surface area contributed by atoms with Gasteiger partial charge in [-0.3, -0.25) is 9.89 Å². The van der Waals surface area contributed by atoms with Gasteiger partial charge in [-0.25, -0.2) is 8.78 Å². The molecule has 0 saturated heterocycles. The van der Waals surface area contributed by atoms with Crippen molar-refractivity contribution in [2.24, 2.45) is 16.5 Å². The van der Waals surface area contributed by atoms with Crippen LogP contribution >= 0.6 is 0 Å². The van der Waals surface area contributed by atoms with E-state index in [2.05, 4.69) is 29.0 Å². The molecule has 0 amide bonds. The summed E-state index contributed by atoms with van der Waals surface area (Å²) in [5, 5.41) is 0. The molecule has 1 saturated carbocycles. The van der Waals surface area contributed by atoms with Crippen molar-refractivity contribution in [2.45, 2.75) is 82.7 Å². The summed E-state index contributed by atoms with van der Waals surface area (Å²) in [6, 6.07) is 0.173. The van der Waals surface area contributed by atoms with Crippen LogP contribution in [0.25, 0.3) is 0 Å². The maximum Gasteiger partial charge on any atom is 0.251 e. The first kappa shape index (κ1) is 22.0. The van der Waals surface area contributed by atoms with Crippen LogP contribution in [0.1, 0.15) is 64.7 Å². The maximum atomic E-state index is 13.3. The Balaban J connectivity index is 1.77. The number of allylic oxidation sites excluding steroid dienone is 3. The molecular formula is C21H36F2N4. The molecule has 0 aromatic rings. The Morgan fingerprint density at radius 3 is 2.74 bits per heavy atom. The smallest absolute Gasteiger partial charge is 0.251 e. The molecule has 1 unspecified atom stereocenters. The van der Waals surface area contributed by atoms with Crippen molar-refractivity contribution >= 4 is 5.71 Å². The molecule has 0 spiro atoms. The number of unbranched alkanes of at least 4 members (excludes halogenated alkanes) is 1. The highest BCUT2D eigenvalue weighted by molar-refractivity contribution is 5.95. The molecule has 1 aliphatic carbocycles. The number of aliphatic imine (C=N–C) groups is 1. The van der Waals surface area contributed by atoms with E-state index < -0.39 is 5.92 Å². The molecule has 154 valence electrons. The Hall–Kier alpha value is -1.27. The van der Waals surface area contributed by atoms with Gasteiger partial charge in [-0.15, -0.1) is 0 Å². The Labute approximate surface area is 162 Å². The van der Waals surface area contributed by atoms with Crippen LogP contribution in [0.4, 0.5) is 8.78 Å². The molecule has 0 aromatic carbocycles. The van der Waals surface area contributed by atoms with E-state index in [-0.39, 0.29) is 24.9 Å². The zero-order valence-corrected chi connectivity index (χ0v) is 16.7. The van der Waals surface area contributed by atoms with Crippen LogP contribution in [0.3, 0.4) is 0 Å². The second-order valence-corrected chi connectivity index (χ2v) is 7.92. The van der Waals surface area contributed by atoms with E-state index in [1.165, 1.54) is 0 Å². The Morgan fingerprint density at radius 1 is 1.30 bits per heavy atom. The normalized spacial score (nSPS) is 24.2. The van der Waals surface area contributed by atoms with Gasteiger partial charge < -0.3 is 11.5 Å². The lowest BCUT2D eigenvalue weighted by Crippen LogP contribution is -2.51. The van der Waals surface area contributed by atoms with Gasteiger partial charge >= 0.3 is 0 Å². The minimum absolute atomic E-state index is 0.00197. The van der Waals surface area contributed by atoms with Gasteiger partial charge in [0.2, 0.25) is 0 Å². The number of nitrogens with zero attached hydrogens (tertiary/aromatic N) is 2. The molecule has 2 rings (SSSR count). The Bertz CT molecular complexity index is 534. The van der Waals surface area contributed by atoms with Gasteiger partial charge in [0.15, 0.2) is 0 Å². The van der Waals surface area contributed by atoms with Gasteiger partial charge in [0, 0.05) is 37.2 Å². The Kier molecular flexibility index (Phi) is 8.90. The van der Waals surface area contributed by atoms with Gasteiger partial charge in [0.25, 0.3) is 5.92 Å². The fraction of sp³-hybridized carbons (Fsp3) is 0.762. The van der Waals surface area contributed by atoms with Crippen molar-refractivity contribution < 1.29 is 8.78 Å². The molecule has 6 heteroatoms. The van der Waals surface area contributed by atoms with Gasteiger partial charge in [-0.05, 0) is 75.9 Å². The SMILES string of the molecule is CCC(N)CCN(CCCCC1=NCCCC(=C\N)/C=C\1)C1CC(F)(F)C1. The summed E-state index contributed by atoms with van der Waals surface area (Å²) in [6.45, 7) is 4.60. The first-order chi connectivity index (χ1) is 12.9. The molecule has 1 atom stereocenters. The molecule has 1 heterocycles. The highest BCUT2D eigenvalue weighted by atomic mass is 19.3. The van der Waals surface area contributed by atoms with Crippen molar-refractivity contribution in [1.82, 2.24) is 4.90 Å². The number of hydrogen-bond donors (Lipinski definition) is 2. The highest BCUT2D eigenvalue weighted by Gasteiger charge is 2.47. The number of alkyl halides is 2. The van der Waals surface area contributed by atoms with Crippen LogP contribution in [0.15, 0.2) is 28.9 Å². The second kappa shape index (κ2) is 10.9. The molecular weight excluding hydrogens is 346 g/mol. The van der Waals surface area contributed by atoms with Gasteiger partial charge in [-0.1, -0.05) is 13.0 Å². The van der Waals surface area contributed by atoms with E-state index in [0.29, 0.717) is 0 Å². The first-order valence-electron chi connectivity index (χ1n) is 10.4. The molecule has 2 aliphatic rings. The number of halogens is 2. The summed E-state index contributed by atoms with van der Waals surface area (Å²) in [5.74, 6) is -2.47. The van der Waals surface area contributed by atoms with E-state index in [4.69, 9.17) is 11.5 Å². The van der Waals surface area contributed by atoms with Gasteiger partial charge in [0.05, 0.1) is 0 Å². The van der Waals surface area contributed by atoms with Crippen LogP contribution in [0.2, 0.25) is 0 Å². The third kappa shape index (κ3) is 7.70. The van der Waals surface area contributed by atoms with E-state index in [9.17, 15) is 8.78 Å². The van der Waals surface area contributed by atoms with E-state index in [0.717, 1.165) is 75.9 Å². The zero-order valence-electron chi connectivity index (χ0n) is 16.7. The van der Waals surface area contributed by atoms with Crippen molar-refractivity contribution in [3.63, 3.8) is 0 Å². The molecule has 0 aromatic heterocycles. The molecule has 0 bridgehead atoms. The summed E-state index contributed by atoms with van der Waals surface area (Å²) in [7, 11) is 0. The van der Waals surface area contributed by atoms with E-state index >= 15 is 0 Å². The number of rotatable bonds is 10. The van der Waals surface area contributed by atoms with Crippen LogP contribution < -0.4 is 11.5 Å². The topological polar surface area (TPSA) is 67.6 Å². The quantitative estimate of drug-likeness (QED) is 0.561. The molecule has 0 radical (unpaired) electrons. The predicted octanol–water partition coefficient (Wildman–Crippen LogP) is 4.02. The summed E-state index contributed by atoms with van der Waals surface area (Å²) in [6.07, 6.45) is 12.6. The molecule has 1 aliphatic heterocycles. The predicted molar refractivity (Wildman–Crippen MR) is 109 cm³/mol. The Morgan fingerprint density at radius 2 is 2.07 bits per heavy atom. The third-order valence-corrected chi connectivity index (χ3v) is 5.67. The average molecular weight is 383 g/mol. The van der Waals surface area contributed by atoms with Gasteiger partial charge in [-0.2, -0.15) is 0 Å². The zero-order chi connectivity index (χ0) is 19.7. The lowest BCUT2D eigenvalue weighted by Gasteiger charge is -2.43. The lowest BCUT2D eigenvalue weighted by atomic mass is 9.86. The molecule has 27 heavy (non-hydrogen) atoms. The summed E-state index contributed by atoms with van der Waals surface area (Å²) in [4.78, 5) is 6.89. The maximum absolute atomic E-state index is 13.3. The minimum Gasteiger partial charge on any atom is -0.404 e. The lowest BCUT2D eigenvalue weighted by molar-refractivity contribution is -0.124. The standard InChI is InChI=1S/C21H36F2N4/c1-2-18(25)10-13-27(20-14-21(22,23)15-20)12-4-3-7-19-9-8-17(16-24)6-5-11-26-19/h8-9,16,18,20H,2-7,10-15,24-25H2,1H3/b9-8-,17-16+,26-19?. The van der Waals surface area contributed by atoms with E-state index in [1.807, 2.05) is 0 Å². The van der Waals surface area contributed by atoms with Crippen LogP contribution in [-0.2, 0) is 0 Å². The fourth-order valence-corrected chi connectivity index (χ4v) is 3.67. The largest absolute Gasteiger partial charge is 0.404 e. The van der Waals surface area contributed by atoms with Crippen LogP contribution in [-0.4, -0.2) is 48.3 Å². The summed E-state index contributed by atoms with van der Waals surface area (Å²) >= 11 is 0. The van der Waals surface area contributed by atoms with E-state index in [1.54, 1.807) is 6.20 Å². The van der Waals surface area contributed by atoms with Crippen LogP contribution in [0.5, 0.6) is 0 Å². The second-order valence-electron chi connectivity index (χ2n) is 7.92. The van der Waals surface area contributed by atoms with Crippen molar-refractivity contribution in [1.29, 1.82) is 0 Å². The third-order valence-electron chi connectivity index (χ3n) is 5.67. The molecule has 4 nitrogen and oxygen atoms in total. The van der Waals surface area contributed by atoms with Crippen molar-refractivity contribution in [3.8, 4) is 0 Å². The minimum atomic E-state index is -2.47. The van der Waals surface area contributed by atoms with Crippen LogP contribution in [0, 0.1) is 0 Å². The summed E-state index contributed by atoms with van der Waals surface area (Å²) < 4.78 is 26.6. The number of hydrogen-bond acceptors (Lipinski definition) is 4. The highest BCUT2D eigenvalue weighted by Crippen LogP contribution is 2.40. The molecule has 1 fully saturated rings. The average Bonchev–Trinajstić information content (AvgIpc) is 2.60. The van der Waals surface area contributed by atoms with Gasteiger partial charge in [0.1, 0.15) is 0 Å². The fourth-order valence-electron chi connectivity index (χ4n) is 3.67. The summed E-state index contributed by atoms with van der Waals surface area (Å²) in [5.41, 5.74) is 13.9. The number of nitrogens with two attached hydrogens (primary N) is 2. The first-order valence-corrected chi connectivity index (χ1v) is 10.4.